The van der Waals surface area contributed by atoms with Crippen molar-refractivity contribution in [1.82, 2.24) is 19.9 Å². The number of amides is 1. The third-order valence-electron chi connectivity index (χ3n) is 3.13. The molecule has 0 spiro atoms. The first-order valence-electron chi connectivity index (χ1n) is 5.67. The molecule has 1 aliphatic rings. The number of nitrogens with zero attached hydrogens (tertiary/aromatic N) is 2. The summed E-state index contributed by atoms with van der Waals surface area (Å²) in [6.07, 6.45) is 3.09. The third kappa shape index (κ3) is 1.97. The van der Waals surface area contributed by atoms with Crippen LogP contribution in [-0.2, 0) is 4.79 Å². The molecule has 1 fully saturated rings. The monoisotopic (exact) mass is 326 g/mol. The molecule has 0 aromatic carbocycles. The van der Waals surface area contributed by atoms with Gasteiger partial charge in [-0.25, -0.2) is 4.98 Å². The molecule has 3 heterocycles. The van der Waals surface area contributed by atoms with Crippen molar-refractivity contribution in [3.05, 3.63) is 21.5 Å². The van der Waals surface area contributed by atoms with Gasteiger partial charge in [-0.2, -0.15) is 0 Å². The minimum atomic E-state index is 0.105. The second-order valence-corrected chi connectivity index (χ2v) is 5.62. The fraction of sp³-hybridized carbons (Fsp3) is 0.364. The first-order chi connectivity index (χ1) is 8.65. The van der Waals surface area contributed by atoms with E-state index in [1.54, 1.807) is 6.20 Å². The second kappa shape index (κ2) is 4.47. The van der Waals surface area contributed by atoms with Crippen molar-refractivity contribution in [3.63, 3.8) is 0 Å². The van der Waals surface area contributed by atoms with Gasteiger partial charge in [-0.3, -0.25) is 9.36 Å². The van der Waals surface area contributed by atoms with Gasteiger partial charge in [0.1, 0.15) is 0 Å². The number of carbonyl (C=O) groups excluding carboxylic acids is 1. The van der Waals surface area contributed by atoms with Crippen LogP contribution in [0.15, 0.2) is 16.7 Å². The zero-order valence-electron chi connectivity index (χ0n) is 9.44. The summed E-state index contributed by atoms with van der Waals surface area (Å²) in [6, 6.07) is 2.13. The Labute approximate surface area is 117 Å². The predicted molar refractivity (Wildman–Crippen MR) is 73.9 cm³/mol. The van der Waals surface area contributed by atoms with Crippen LogP contribution >= 0.6 is 28.1 Å². The molecule has 2 N–H and O–H groups in total. The lowest BCUT2D eigenvalue weighted by Gasteiger charge is -2.23. The number of rotatable bonds is 1. The normalized spacial score (nSPS) is 20.1. The molecule has 1 saturated heterocycles. The zero-order chi connectivity index (χ0) is 12.7. The maximum Gasteiger partial charge on any atom is 0.220 e. The molecule has 7 heteroatoms. The summed E-state index contributed by atoms with van der Waals surface area (Å²) in [7, 11) is 0. The molecule has 2 aromatic heterocycles. The van der Waals surface area contributed by atoms with Crippen molar-refractivity contribution in [2.24, 2.45) is 0 Å². The van der Waals surface area contributed by atoms with E-state index in [0.29, 0.717) is 17.7 Å². The van der Waals surface area contributed by atoms with E-state index in [4.69, 9.17) is 12.2 Å². The van der Waals surface area contributed by atoms with E-state index in [1.807, 2.05) is 10.6 Å². The Morgan fingerprint density at radius 2 is 2.39 bits per heavy atom. The molecule has 94 valence electrons. The number of pyridine rings is 1. The fourth-order valence-electron chi connectivity index (χ4n) is 2.27. The summed E-state index contributed by atoms with van der Waals surface area (Å²) >= 11 is 8.73. The number of piperidine rings is 1. The van der Waals surface area contributed by atoms with Crippen molar-refractivity contribution < 1.29 is 4.79 Å². The molecule has 2 aromatic rings. The fourth-order valence-corrected chi connectivity index (χ4v) is 2.94. The molecule has 1 atom stereocenters. The van der Waals surface area contributed by atoms with Crippen molar-refractivity contribution in [2.45, 2.75) is 18.9 Å². The van der Waals surface area contributed by atoms with Gasteiger partial charge >= 0.3 is 0 Å². The van der Waals surface area contributed by atoms with Gasteiger partial charge in [0, 0.05) is 23.6 Å². The van der Waals surface area contributed by atoms with Gasteiger partial charge in [0.05, 0.1) is 11.6 Å². The summed E-state index contributed by atoms with van der Waals surface area (Å²) in [6.45, 7) is 0.609. The Kier molecular flexibility index (Phi) is 2.95. The van der Waals surface area contributed by atoms with Crippen LogP contribution < -0.4 is 5.32 Å². The molecule has 18 heavy (non-hydrogen) atoms. The molecule has 0 radical (unpaired) electrons. The molecule has 3 rings (SSSR count). The van der Waals surface area contributed by atoms with Crippen LogP contribution in [-0.4, -0.2) is 27.0 Å². The van der Waals surface area contributed by atoms with Crippen molar-refractivity contribution in [2.75, 3.05) is 6.54 Å². The molecule has 0 saturated carbocycles. The van der Waals surface area contributed by atoms with E-state index in [0.717, 1.165) is 22.1 Å². The number of hydrogen-bond acceptors (Lipinski definition) is 3. The Morgan fingerprint density at radius 1 is 1.56 bits per heavy atom. The SMILES string of the molecule is O=C1CCC(n2c(=S)[nH]c3cc(Br)cnc32)CN1. The van der Waals surface area contributed by atoms with E-state index < -0.39 is 0 Å². The zero-order valence-corrected chi connectivity index (χ0v) is 11.8. The number of aromatic amines is 1. The number of fused-ring (bicyclic) bond motifs is 1. The van der Waals surface area contributed by atoms with Gasteiger partial charge in [0.25, 0.3) is 0 Å². The van der Waals surface area contributed by atoms with E-state index in [2.05, 4.69) is 31.2 Å². The van der Waals surface area contributed by atoms with Gasteiger partial charge in [0.2, 0.25) is 5.91 Å². The van der Waals surface area contributed by atoms with Crippen LogP contribution in [0.2, 0.25) is 0 Å². The molecule has 1 amide bonds. The molecule has 0 aliphatic carbocycles. The highest BCUT2D eigenvalue weighted by molar-refractivity contribution is 9.10. The summed E-state index contributed by atoms with van der Waals surface area (Å²) < 4.78 is 3.56. The first kappa shape index (κ1) is 11.9. The number of imidazole rings is 1. The summed E-state index contributed by atoms with van der Waals surface area (Å²) in [5.74, 6) is 0.105. The smallest absolute Gasteiger partial charge is 0.220 e. The Morgan fingerprint density at radius 3 is 3.11 bits per heavy atom. The van der Waals surface area contributed by atoms with Crippen molar-refractivity contribution >= 4 is 45.2 Å². The van der Waals surface area contributed by atoms with E-state index in [1.165, 1.54) is 0 Å². The number of nitrogens with one attached hydrogen (secondary N) is 2. The maximum atomic E-state index is 11.2. The van der Waals surface area contributed by atoms with Crippen molar-refractivity contribution in [1.29, 1.82) is 0 Å². The van der Waals surface area contributed by atoms with Gasteiger partial charge in [-0.1, -0.05) is 0 Å². The standard InChI is InChI=1S/C11H11BrN4OS/c12-6-3-8-10(14-4-6)16(11(18)15-8)7-1-2-9(17)13-5-7/h3-4,7H,1-2,5H2,(H,13,17)(H,15,18). The van der Waals surface area contributed by atoms with Gasteiger partial charge in [-0.15, -0.1) is 0 Å². The third-order valence-corrected chi connectivity index (χ3v) is 3.86. The molecule has 1 unspecified atom stereocenters. The maximum absolute atomic E-state index is 11.2. The van der Waals surface area contributed by atoms with Gasteiger partial charge < -0.3 is 10.3 Å². The molecule has 5 nitrogen and oxygen atoms in total. The minimum Gasteiger partial charge on any atom is -0.354 e. The van der Waals surface area contributed by atoms with Crippen LogP contribution in [0.3, 0.4) is 0 Å². The predicted octanol–water partition coefficient (Wildman–Crippen LogP) is 2.31. The number of hydrogen-bond donors (Lipinski definition) is 2. The molecular formula is C11H11BrN4OS. The Balaban J connectivity index is 2.08. The molecular weight excluding hydrogens is 316 g/mol. The van der Waals surface area contributed by atoms with Crippen LogP contribution in [0.5, 0.6) is 0 Å². The highest BCUT2D eigenvalue weighted by Crippen LogP contribution is 2.24. The van der Waals surface area contributed by atoms with Gasteiger partial charge in [0.15, 0.2) is 10.4 Å². The quantitative estimate of drug-likeness (QED) is 0.790. The lowest BCUT2D eigenvalue weighted by molar-refractivity contribution is -0.122. The Bertz CT molecular complexity index is 667. The summed E-state index contributed by atoms with van der Waals surface area (Å²) in [5.41, 5.74) is 1.75. The van der Waals surface area contributed by atoms with Crippen molar-refractivity contribution in [3.8, 4) is 0 Å². The van der Waals surface area contributed by atoms with Crippen LogP contribution in [0.4, 0.5) is 0 Å². The topological polar surface area (TPSA) is 62.7 Å². The summed E-state index contributed by atoms with van der Waals surface area (Å²) in [5, 5.41) is 2.87. The van der Waals surface area contributed by atoms with Crippen LogP contribution in [0, 0.1) is 4.77 Å². The van der Waals surface area contributed by atoms with Gasteiger partial charge in [-0.05, 0) is 40.6 Å². The number of H-pyrrole nitrogens is 1. The largest absolute Gasteiger partial charge is 0.354 e. The van der Waals surface area contributed by atoms with E-state index in [9.17, 15) is 4.79 Å². The number of aromatic nitrogens is 3. The lowest BCUT2D eigenvalue weighted by Crippen LogP contribution is -2.36. The average molecular weight is 327 g/mol. The molecule has 0 bridgehead atoms. The lowest BCUT2D eigenvalue weighted by atomic mass is 10.1. The first-order valence-corrected chi connectivity index (χ1v) is 6.88. The van der Waals surface area contributed by atoms with E-state index >= 15 is 0 Å². The number of halogens is 1. The number of carbonyl (C=O) groups is 1. The summed E-state index contributed by atoms with van der Waals surface area (Å²) in [4.78, 5) is 18.7. The highest BCUT2D eigenvalue weighted by atomic mass is 79.9. The second-order valence-electron chi connectivity index (χ2n) is 4.32. The Hall–Kier alpha value is -1.21. The molecule has 1 aliphatic heterocycles. The minimum absolute atomic E-state index is 0.105. The van der Waals surface area contributed by atoms with Crippen LogP contribution in [0.1, 0.15) is 18.9 Å². The van der Waals surface area contributed by atoms with E-state index in [-0.39, 0.29) is 11.9 Å². The highest BCUT2D eigenvalue weighted by Gasteiger charge is 2.22. The average Bonchev–Trinajstić information content (AvgIpc) is 2.65. The van der Waals surface area contributed by atoms with Crippen LogP contribution in [0.25, 0.3) is 11.2 Å².